The molecule has 26 heavy (non-hydrogen) atoms. The molecule has 0 radical (unpaired) electrons. The molecular weight excluding hydrogens is 336 g/mol. The molecule has 2 aliphatic rings. The van der Waals surface area contributed by atoms with E-state index in [0.717, 1.165) is 30.2 Å². The van der Waals surface area contributed by atoms with E-state index in [0.29, 0.717) is 30.4 Å². The van der Waals surface area contributed by atoms with Crippen LogP contribution in [0.5, 0.6) is 5.75 Å². The predicted octanol–water partition coefficient (Wildman–Crippen LogP) is 2.94. The summed E-state index contributed by atoms with van der Waals surface area (Å²) in [5.74, 6) is 0.0279. The summed E-state index contributed by atoms with van der Waals surface area (Å²) in [7, 11) is 2.90. The second kappa shape index (κ2) is 6.55. The molecule has 140 valence electrons. The smallest absolute Gasteiger partial charge is 0.341 e. The Morgan fingerprint density at radius 3 is 2.73 bits per heavy atom. The first kappa shape index (κ1) is 17.3. The van der Waals surface area contributed by atoms with Gasteiger partial charge in [0.15, 0.2) is 5.79 Å². The molecule has 2 heterocycles. The molecule has 4 rings (SSSR count). The number of ether oxygens (including phenoxy) is 4. The van der Waals surface area contributed by atoms with Crippen LogP contribution in [0.4, 0.5) is 0 Å². The van der Waals surface area contributed by atoms with Crippen LogP contribution in [-0.2, 0) is 14.2 Å². The Morgan fingerprint density at radius 1 is 1.31 bits per heavy atom. The number of nitrogens with zero attached hydrogens (tertiary/aromatic N) is 2. The molecule has 2 aromatic rings. The Kier molecular flexibility index (Phi) is 4.36. The molecule has 1 aliphatic carbocycles. The minimum Gasteiger partial charge on any atom is -0.496 e. The zero-order chi connectivity index (χ0) is 18.3. The highest BCUT2D eigenvalue weighted by molar-refractivity contribution is 5.97. The summed E-state index contributed by atoms with van der Waals surface area (Å²) in [5.41, 5.74) is 1.21. The first-order valence-electron chi connectivity index (χ1n) is 8.98. The summed E-state index contributed by atoms with van der Waals surface area (Å²) < 4.78 is 23.9. The van der Waals surface area contributed by atoms with Gasteiger partial charge in [0.2, 0.25) is 0 Å². The average molecular weight is 360 g/mol. The molecule has 1 saturated carbocycles. The summed E-state index contributed by atoms with van der Waals surface area (Å²) >= 11 is 0. The third-order valence-corrected chi connectivity index (χ3v) is 5.51. The Bertz CT molecular complexity index is 825. The molecule has 1 aliphatic heterocycles. The quantitative estimate of drug-likeness (QED) is 0.784. The lowest BCUT2D eigenvalue weighted by molar-refractivity contribution is -0.192. The lowest BCUT2D eigenvalue weighted by Crippen LogP contribution is -2.40. The van der Waals surface area contributed by atoms with Crippen molar-refractivity contribution in [1.82, 2.24) is 9.78 Å². The van der Waals surface area contributed by atoms with E-state index in [1.165, 1.54) is 14.2 Å². The highest BCUT2D eigenvalue weighted by Gasteiger charge is 2.44. The number of esters is 1. The van der Waals surface area contributed by atoms with Crippen LogP contribution in [0.3, 0.4) is 0 Å². The van der Waals surface area contributed by atoms with Crippen molar-refractivity contribution >= 4 is 16.9 Å². The lowest BCUT2D eigenvalue weighted by Gasteiger charge is -2.39. The monoisotopic (exact) mass is 360 g/mol. The highest BCUT2D eigenvalue weighted by atomic mass is 16.7. The Balaban J connectivity index is 1.64. The van der Waals surface area contributed by atoms with E-state index in [1.54, 1.807) is 12.1 Å². The van der Waals surface area contributed by atoms with Gasteiger partial charge in [0.25, 0.3) is 0 Å². The van der Waals surface area contributed by atoms with E-state index >= 15 is 0 Å². The molecule has 0 unspecified atom stereocenters. The summed E-state index contributed by atoms with van der Waals surface area (Å²) in [6, 6.07) is 3.84. The molecule has 0 bridgehead atoms. The Labute approximate surface area is 152 Å². The fraction of sp³-hybridized carbons (Fsp3) is 0.579. The molecule has 1 aromatic carbocycles. The molecule has 7 heteroatoms. The number of aromatic nitrogens is 2. The minimum atomic E-state index is -0.417. The standard InChI is InChI=1S/C19H24N2O5/c1-12-10-19(25-6-7-26-19)5-4-16(12)21-11-13-8-14(18(22)24-3)17(23-2)9-15(13)20-21/h8-9,11-12,16H,4-7,10H2,1-3H3/t12-,16-/m1/s1. The molecular formula is C19H24N2O5. The van der Waals surface area contributed by atoms with Crippen molar-refractivity contribution in [1.29, 1.82) is 0 Å². The normalized spacial score (nSPS) is 24.9. The first-order chi connectivity index (χ1) is 12.5. The van der Waals surface area contributed by atoms with Gasteiger partial charge in [-0.05, 0) is 18.4 Å². The maximum absolute atomic E-state index is 12.0. The van der Waals surface area contributed by atoms with Gasteiger partial charge in [0, 0.05) is 30.5 Å². The largest absolute Gasteiger partial charge is 0.496 e. The number of methoxy groups -OCH3 is 2. The summed E-state index contributed by atoms with van der Waals surface area (Å²) in [6.45, 7) is 3.57. The van der Waals surface area contributed by atoms with Gasteiger partial charge >= 0.3 is 5.97 Å². The number of hydrogen-bond acceptors (Lipinski definition) is 6. The van der Waals surface area contributed by atoms with Crippen molar-refractivity contribution in [2.24, 2.45) is 5.92 Å². The Morgan fingerprint density at radius 2 is 2.08 bits per heavy atom. The molecule has 2 fully saturated rings. The van der Waals surface area contributed by atoms with Crippen molar-refractivity contribution in [3.05, 3.63) is 23.9 Å². The van der Waals surface area contributed by atoms with E-state index in [9.17, 15) is 4.79 Å². The summed E-state index contributed by atoms with van der Waals surface area (Å²) in [6.07, 6.45) is 4.67. The van der Waals surface area contributed by atoms with Crippen molar-refractivity contribution < 1.29 is 23.7 Å². The van der Waals surface area contributed by atoms with E-state index in [1.807, 2.05) is 10.9 Å². The topological polar surface area (TPSA) is 71.8 Å². The first-order valence-corrected chi connectivity index (χ1v) is 8.98. The predicted molar refractivity (Wildman–Crippen MR) is 94.3 cm³/mol. The van der Waals surface area contributed by atoms with E-state index in [2.05, 4.69) is 6.92 Å². The zero-order valence-corrected chi connectivity index (χ0v) is 15.4. The number of carbonyl (C=O) groups excluding carboxylic acids is 1. The minimum absolute atomic E-state index is 0.272. The van der Waals surface area contributed by atoms with Gasteiger partial charge in [-0.1, -0.05) is 6.92 Å². The fourth-order valence-corrected chi connectivity index (χ4v) is 4.21. The van der Waals surface area contributed by atoms with Crippen molar-refractivity contribution in [3.63, 3.8) is 0 Å². The van der Waals surface area contributed by atoms with Crippen LogP contribution in [0, 0.1) is 5.92 Å². The lowest BCUT2D eigenvalue weighted by atomic mass is 9.82. The molecule has 1 aromatic heterocycles. The number of carbonyl (C=O) groups is 1. The molecule has 0 amide bonds. The van der Waals surface area contributed by atoms with Crippen LogP contribution < -0.4 is 4.74 Å². The SMILES string of the molecule is COC(=O)c1cc2cn([C@@H]3CCC4(C[C@H]3C)OCCO4)nc2cc1OC. The van der Waals surface area contributed by atoms with Crippen LogP contribution in [-0.4, -0.2) is 49.0 Å². The molecule has 7 nitrogen and oxygen atoms in total. The van der Waals surface area contributed by atoms with Gasteiger partial charge in [-0.2, -0.15) is 5.10 Å². The molecule has 2 atom stereocenters. The van der Waals surface area contributed by atoms with Gasteiger partial charge in [-0.25, -0.2) is 4.79 Å². The van der Waals surface area contributed by atoms with Crippen molar-refractivity contribution in [3.8, 4) is 5.75 Å². The van der Waals surface area contributed by atoms with Gasteiger partial charge in [-0.15, -0.1) is 0 Å². The number of rotatable bonds is 3. The highest BCUT2D eigenvalue weighted by Crippen LogP contribution is 2.43. The van der Waals surface area contributed by atoms with Crippen LogP contribution >= 0.6 is 0 Å². The van der Waals surface area contributed by atoms with Gasteiger partial charge in [0.1, 0.15) is 11.3 Å². The van der Waals surface area contributed by atoms with Crippen molar-refractivity contribution in [2.45, 2.75) is 38.0 Å². The van der Waals surface area contributed by atoms with Crippen LogP contribution in [0.2, 0.25) is 0 Å². The Hall–Kier alpha value is -2.12. The number of benzene rings is 1. The van der Waals surface area contributed by atoms with Gasteiger partial charge in [0.05, 0.1) is 39.0 Å². The number of hydrogen-bond donors (Lipinski definition) is 0. The third kappa shape index (κ3) is 2.85. The third-order valence-electron chi connectivity index (χ3n) is 5.51. The van der Waals surface area contributed by atoms with Gasteiger partial charge in [-0.3, -0.25) is 4.68 Å². The summed E-state index contributed by atoms with van der Waals surface area (Å²) in [5, 5.41) is 5.64. The van der Waals surface area contributed by atoms with Crippen molar-refractivity contribution in [2.75, 3.05) is 27.4 Å². The molecule has 1 saturated heterocycles. The van der Waals surface area contributed by atoms with E-state index in [4.69, 9.17) is 24.0 Å². The fourth-order valence-electron chi connectivity index (χ4n) is 4.21. The second-order valence-electron chi connectivity index (χ2n) is 7.11. The maximum Gasteiger partial charge on any atom is 0.341 e. The average Bonchev–Trinajstić information content (AvgIpc) is 3.26. The van der Waals surface area contributed by atoms with E-state index in [-0.39, 0.29) is 6.04 Å². The zero-order valence-electron chi connectivity index (χ0n) is 15.4. The van der Waals surface area contributed by atoms with E-state index < -0.39 is 11.8 Å². The van der Waals surface area contributed by atoms with Crippen LogP contribution in [0.1, 0.15) is 42.6 Å². The molecule has 0 N–H and O–H groups in total. The summed E-state index contributed by atoms with van der Waals surface area (Å²) in [4.78, 5) is 12.0. The molecule has 1 spiro atoms. The van der Waals surface area contributed by atoms with Crippen LogP contribution in [0.15, 0.2) is 18.3 Å². The van der Waals surface area contributed by atoms with Crippen LogP contribution in [0.25, 0.3) is 10.9 Å². The second-order valence-corrected chi connectivity index (χ2v) is 7.11. The van der Waals surface area contributed by atoms with Gasteiger partial charge < -0.3 is 18.9 Å². The number of fused-ring (bicyclic) bond motifs is 1. The maximum atomic E-state index is 12.0.